The quantitative estimate of drug-likeness (QED) is 0.655. The fourth-order valence-electron chi connectivity index (χ4n) is 1.38. The number of likely N-dealkylation sites (N-methyl/N-ethyl adjacent to an activating group) is 1. The van der Waals surface area contributed by atoms with E-state index in [0.717, 1.165) is 13.1 Å². The fourth-order valence-corrected chi connectivity index (χ4v) is 1.38. The number of rotatable bonds is 7. The van der Waals surface area contributed by atoms with Gasteiger partial charge in [0.1, 0.15) is 0 Å². The second-order valence-electron chi connectivity index (χ2n) is 3.99. The van der Waals surface area contributed by atoms with E-state index in [-0.39, 0.29) is 0 Å². The molecule has 0 radical (unpaired) electrons. The summed E-state index contributed by atoms with van der Waals surface area (Å²) in [4.78, 5) is 2.48. The van der Waals surface area contributed by atoms with Gasteiger partial charge in [-0.2, -0.15) is 0 Å². The second kappa shape index (κ2) is 7.34. The van der Waals surface area contributed by atoms with Gasteiger partial charge in [0.15, 0.2) is 0 Å². The van der Waals surface area contributed by atoms with Crippen molar-refractivity contribution >= 4 is 0 Å². The normalized spacial score (nSPS) is 14.1. The van der Waals surface area contributed by atoms with E-state index in [1.165, 1.54) is 13.0 Å². The van der Waals surface area contributed by atoms with Crippen LogP contribution in [0.25, 0.3) is 0 Å². The van der Waals surface area contributed by atoms with Crippen LogP contribution in [0.4, 0.5) is 0 Å². The van der Waals surface area contributed by atoms with Crippen LogP contribution in [0.2, 0.25) is 0 Å². The summed E-state index contributed by atoms with van der Waals surface area (Å²) in [6.07, 6.45) is 1.22. The van der Waals surface area contributed by atoms with Crippen molar-refractivity contribution in [3.8, 4) is 0 Å². The van der Waals surface area contributed by atoms with E-state index >= 15 is 0 Å². The SMILES string of the molecule is CCC(C)NCCN(CC)C(C)C. The third-order valence-electron chi connectivity index (χ3n) is 2.64. The summed E-state index contributed by atoms with van der Waals surface area (Å²) in [5.41, 5.74) is 0. The summed E-state index contributed by atoms with van der Waals surface area (Å²) in [6.45, 7) is 14.6. The molecule has 0 amide bonds. The zero-order valence-corrected chi connectivity index (χ0v) is 9.93. The third kappa shape index (κ3) is 6.05. The van der Waals surface area contributed by atoms with Gasteiger partial charge in [-0.05, 0) is 33.7 Å². The standard InChI is InChI=1S/C11H26N2/c1-6-11(5)12-8-9-13(7-2)10(3)4/h10-12H,6-9H2,1-5H3. The highest BCUT2D eigenvalue weighted by atomic mass is 15.2. The van der Waals surface area contributed by atoms with Crippen molar-refractivity contribution in [1.29, 1.82) is 0 Å². The van der Waals surface area contributed by atoms with Gasteiger partial charge < -0.3 is 5.32 Å². The molecule has 2 nitrogen and oxygen atoms in total. The molecule has 2 heteroatoms. The smallest absolute Gasteiger partial charge is 0.0110 e. The number of nitrogens with one attached hydrogen (secondary N) is 1. The van der Waals surface area contributed by atoms with Crippen molar-refractivity contribution in [3.05, 3.63) is 0 Å². The van der Waals surface area contributed by atoms with Gasteiger partial charge in [-0.15, -0.1) is 0 Å². The Morgan fingerprint density at radius 3 is 2.15 bits per heavy atom. The molecule has 1 atom stereocenters. The first-order valence-corrected chi connectivity index (χ1v) is 5.59. The molecule has 0 bridgehead atoms. The van der Waals surface area contributed by atoms with Crippen LogP contribution in [0.15, 0.2) is 0 Å². The Balaban J connectivity index is 3.49. The zero-order valence-electron chi connectivity index (χ0n) is 9.93. The summed E-state index contributed by atoms with van der Waals surface area (Å²) < 4.78 is 0. The van der Waals surface area contributed by atoms with Crippen LogP contribution >= 0.6 is 0 Å². The van der Waals surface area contributed by atoms with Crippen LogP contribution in [0.5, 0.6) is 0 Å². The van der Waals surface area contributed by atoms with E-state index in [0.29, 0.717) is 12.1 Å². The Morgan fingerprint density at radius 1 is 1.15 bits per heavy atom. The maximum absolute atomic E-state index is 3.51. The van der Waals surface area contributed by atoms with Crippen LogP contribution in [0.1, 0.15) is 41.0 Å². The van der Waals surface area contributed by atoms with Crippen molar-refractivity contribution in [2.45, 2.75) is 53.1 Å². The second-order valence-corrected chi connectivity index (χ2v) is 3.99. The van der Waals surface area contributed by atoms with E-state index in [9.17, 15) is 0 Å². The largest absolute Gasteiger partial charge is 0.313 e. The van der Waals surface area contributed by atoms with Crippen LogP contribution in [-0.2, 0) is 0 Å². The Labute approximate surface area is 83.7 Å². The molecule has 0 aromatic rings. The van der Waals surface area contributed by atoms with E-state index in [2.05, 4.69) is 44.8 Å². The van der Waals surface area contributed by atoms with Gasteiger partial charge in [0.25, 0.3) is 0 Å². The topological polar surface area (TPSA) is 15.3 Å². The van der Waals surface area contributed by atoms with E-state index in [4.69, 9.17) is 0 Å². The average Bonchev–Trinajstić information content (AvgIpc) is 2.11. The predicted octanol–water partition coefficient (Wildman–Crippen LogP) is 2.10. The molecule has 80 valence electrons. The first-order chi connectivity index (χ1) is 6.11. The molecular formula is C11H26N2. The van der Waals surface area contributed by atoms with Crippen molar-refractivity contribution in [2.24, 2.45) is 0 Å². The van der Waals surface area contributed by atoms with E-state index in [1.807, 2.05) is 0 Å². The first kappa shape index (κ1) is 12.9. The molecule has 0 aromatic carbocycles. The summed E-state index contributed by atoms with van der Waals surface area (Å²) in [5.74, 6) is 0. The van der Waals surface area contributed by atoms with Crippen molar-refractivity contribution in [1.82, 2.24) is 10.2 Å². The average molecular weight is 186 g/mol. The molecule has 0 fully saturated rings. The van der Waals surface area contributed by atoms with E-state index < -0.39 is 0 Å². The number of nitrogens with zero attached hydrogens (tertiary/aromatic N) is 1. The molecule has 0 saturated carbocycles. The zero-order chi connectivity index (χ0) is 10.3. The summed E-state index contributed by atoms with van der Waals surface area (Å²) in [6, 6.07) is 1.33. The van der Waals surface area contributed by atoms with Gasteiger partial charge in [0.05, 0.1) is 0 Å². The summed E-state index contributed by atoms with van der Waals surface area (Å²) in [5, 5.41) is 3.51. The highest BCUT2D eigenvalue weighted by Crippen LogP contribution is 1.96. The molecule has 0 spiro atoms. The molecule has 13 heavy (non-hydrogen) atoms. The van der Waals surface area contributed by atoms with Crippen LogP contribution in [0, 0.1) is 0 Å². The van der Waals surface area contributed by atoms with Gasteiger partial charge in [-0.3, -0.25) is 4.90 Å². The molecular weight excluding hydrogens is 160 g/mol. The maximum atomic E-state index is 3.51. The highest BCUT2D eigenvalue weighted by Gasteiger charge is 2.06. The molecule has 0 aromatic heterocycles. The van der Waals surface area contributed by atoms with Gasteiger partial charge in [0.2, 0.25) is 0 Å². The molecule has 0 aliphatic rings. The maximum Gasteiger partial charge on any atom is 0.0110 e. The lowest BCUT2D eigenvalue weighted by molar-refractivity contribution is 0.231. The highest BCUT2D eigenvalue weighted by molar-refractivity contribution is 4.64. The van der Waals surface area contributed by atoms with Crippen molar-refractivity contribution < 1.29 is 0 Å². The van der Waals surface area contributed by atoms with Gasteiger partial charge >= 0.3 is 0 Å². The van der Waals surface area contributed by atoms with Gasteiger partial charge in [-0.1, -0.05) is 13.8 Å². The van der Waals surface area contributed by atoms with Gasteiger partial charge in [0, 0.05) is 25.2 Å². The Hall–Kier alpha value is -0.0800. The van der Waals surface area contributed by atoms with Gasteiger partial charge in [-0.25, -0.2) is 0 Å². The Kier molecular flexibility index (Phi) is 7.29. The van der Waals surface area contributed by atoms with Crippen molar-refractivity contribution in [3.63, 3.8) is 0 Å². The lowest BCUT2D eigenvalue weighted by Crippen LogP contribution is -2.39. The fraction of sp³-hybridized carbons (Fsp3) is 1.00. The molecule has 0 aliphatic carbocycles. The molecule has 0 heterocycles. The summed E-state index contributed by atoms with van der Waals surface area (Å²) >= 11 is 0. The predicted molar refractivity (Wildman–Crippen MR) is 60.1 cm³/mol. The minimum atomic E-state index is 0.658. The first-order valence-electron chi connectivity index (χ1n) is 5.59. The Bertz CT molecular complexity index is 113. The monoisotopic (exact) mass is 186 g/mol. The van der Waals surface area contributed by atoms with Crippen LogP contribution in [-0.4, -0.2) is 36.6 Å². The van der Waals surface area contributed by atoms with Crippen LogP contribution < -0.4 is 5.32 Å². The molecule has 0 rings (SSSR count). The van der Waals surface area contributed by atoms with Crippen molar-refractivity contribution in [2.75, 3.05) is 19.6 Å². The number of hydrogen-bond acceptors (Lipinski definition) is 2. The molecule has 1 unspecified atom stereocenters. The van der Waals surface area contributed by atoms with Crippen LogP contribution in [0.3, 0.4) is 0 Å². The minimum absolute atomic E-state index is 0.658. The minimum Gasteiger partial charge on any atom is -0.313 e. The third-order valence-corrected chi connectivity index (χ3v) is 2.64. The number of hydrogen-bond donors (Lipinski definition) is 1. The Morgan fingerprint density at radius 2 is 1.77 bits per heavy atom. The van der Waals surface area contributed by atoms with E-state index in [1.54, 1.807) is 0 Å². The lowest BCUT2D eigenvalue weighted by Gasteiger charge is -2.25. The molecule has 1 N–H and O–H groups in total. The molecule has 0 saturated heterocycles. The molecule has 0 aliphatic heterocycles. The lowest BCUT2D eigenvalue weighted by atomic mass is 10.2. The summed E-state index contributed by atoms with van der Waals surface area (Å²) in [7, 11) is 0.